The Labute approximate surface area is 231 Å². The topological polar surface area (TPSA) is 11.6 Å². The summed E-state index contributed by atoms with van der Waals surface area (Å²) < 4.78 is 20.6. The van der Waals surface area contributed by atoms with E-state index in [-0.39, 0.29) is 5.82 Å². The zero-order valence-electron chi connectivity index (χ0n) is 23.1. The van der Waals surface area contributed by atoms with Crippen molar-refractivity contribution in [1.82, 2.24) is 0 Å². The highest BCUT2D eigenvalue weighted by molar-refractivity contribution is 5.74. The summed E-state index contributed by atoms with van der Waals surface area (Å²) in [4.78, 5) is 0. The lowest BCUT2D eigenvalue weighted by molar-refractivity contribution is -0.698. The number of nitrogens with zero attached hydrogens (tertiary/aromatic N) is 3. The molecule has 3 nitrogen and oxygen atoms in total. The lowest BCUT2D eigenvalue weighted by Crippen LogP contribution is -2.39. The van der Waals surface area contributed by atoms with Crippen LogP contribution in [0.3, 0.4) is 0 Å². The molecule has 0 aliphatic heterocycles. The highest BCUT2D eigenvalue weighted by Gasteiger charge is 2.26. The second-order valence-electron chi connectivity index (χ2n) is 10.3. The normalized spacial score (nSPS) is 11.1. The maximum Gasteiger partial charge on any atom is 0.223 e. The predicted octanol–water partition coefficient (Wildman–Crippen LogP) is 7.10. The van der Waals surface area contributed by atoms with Gasteiger partial charge in [0.1, 0.15) is 19.4 Å². The molecule has 4 heteroatoms. The molecule has 5 aromatic rings. The van der Waals surface area contributed by atoms with Crippen LogP contribution in [0.1, 0.15) is 38.2 Å². The van der Waals surface area contributed by atoms with E-state index in [0.717, 1.165) is 45.9 Å². The third-order valence-electron chi connectivity index (χ3n) is 7.27. The molecule has 0 N–H and O–H groups in total. The van der Waals surface area contributed by atoms with Crippen molar-refractivity contribution in [2.75, 3.05) is 0 Å². The first-order valence-electron chi connectivity index (χ1n) is 13.9. The standard InChI is InChI=1S/C35H37FN3/c1-4-5-6-7-20-38-23-18-33(19-24-38)39-34(29-10-8-27(2)9-11-29)25-31(28-16-21-37(3)22-17-28)26-35(39)30-12-14-32(36)15-13-30/h8-19,21-26H,4-7,20H2,1-3H3/q+3. The Morgan fingerprint density at radius 2 is 1.21 bits per heavy atom. The Hall–Kier alpha value is -4.18. The molecule has 3 heterocycles. The first kappa shape index (κ1) is 26.4. The Morgan fingerprint density at radius 1 is 0.615 bits per heavy atom. The van der Waals surface area contributed by atoms with Crippen LogP contribution in [-0.4, -0.2) is 0 Å². The van der Waals surface area contributed by atoms with Gasteiger partial charge in [0, 0.05) is 41.8 Å². The smallest absolute Gasteiger partial charge is 0.208 e. The monoisotopic (exact) mass is 518 g/mol. The van der Waals surface area contributed by atoms with E-state index in [4.69, 9.17) is 0 Å². The van der Waals surface area contributed by atoms with Gasteiger partial charge < -0.3 is 0 Å². The van der Waals surface area contributed by atoms with E-state index < -0.39 is 0 Å². The maximum absolute atomic E-state index is 14.0. The van der Waals surface area contributed by atoms with E-state index in [1.807, 2.05) is 23.7 Å². The van der Waals surface area contributed by atoms with Crippen LogP contribution in [-0.2, 0) is 13.6 Å². The zero-order chi connectivity index (χ0) is 27.2. The Balaban J connectivity index is 1.70. The van der Waals surface area contributed by atoms with Crippen LogP contribution in [0, 0.1) is 12.7 Å². The second kappa shape index (κ2) is 12.1. The third-order valence-corrected chi connectivity index (χ3v) is 7.27. The fraction of sp³-hybridized carbons (Fsp3) is 0.229. The van der Waals surface area contributed by atoms with Gasteiger partial charge in [0.2, 0.25) is 17.1 Å². The van der Waals surface area contributed by atoms with Crippen molar-refractivity contribution >= 4 is 0 Å². The molecule has 0 atom stereocenters. The maximum atomic E-state index is 14.0. The molecule has 0 aliphatic carbocycles. The lowest BCUT2D eigenvalue weighted by atomic mass is 9.98. The van der Waals surface area contributed by atoms with Gasteiger partial charge in [-0.1, -0.05) is 37.5 Å². The molecule has 0 fully saturated rings. The SMILES string of the molecule is CCCCCC[n+]1ccc(-[n+]2c(-c3ccc(C)cc3)cc(-c3cc[n+](C)cc3)cc2-c2ccc(F)cc2)cc1. The highest BCUT2D eigenvalue weighted by atomic mass is 19.1. The van der Waals surface area contributed by atoms with Crippen LogP contribution >= 0.6 is 0 Å². The average Bonchev–Trinajstić information content (AvgIpc) is 2.96. The summed E-state index contributed by atoms with van der Waals surface area (Å²) in [5.41, 5.74) is 8.73. The van der Waals surface area contributed by atoms with Crippen molar-refractivity contribution in [1.29, 1.82) is 0 Å². The molecule has 0 spiro atoms. The number of hydrogen-bond donors (Lipinski definition) is 0. The molecule has 0 bridgehead atoms. The minimum absolute atomic E-state index is 0.236. The molecule has 0 saturated carbocycles. The number of aryl methyl sites for hydroxylation is 3. The summed E-state index contributed by atoms with van der Waals surface area (Å²) in [5, 5.41) is 0. The van der Waals surface area contributed by atoms with Gasteiger partial charge in [0.15, 0.2) is 24.8 Å². The van der Waals surface area contributed by atoms with E-state index in [1.54, 1.807) is 0 Å². The molecule has 2 aromatic carbocycles. The molecule has 5 rings (SSSR count). The summed E-state index contributed by atoms with van der Waals surface area (Å²) >= 11 is 0. The number of unbranched alkanes of at least 4 members (excludes halogenated alkanes) is 3. The van der Waals surface area contributed by atoms with Crippen molar-refractivity contribution in [2.24, 2.45) is 7.05 Å². The van der Waals surface area contributed by atoms with Gasteiger partial charge in [-0.25, -0.2) is 13.5 Å². The second-order valence-corrected chi connectivity index (χ2v) is 10.3. The quantitative estimate of drug-likeness (QED) is 0.146. The molecule has 3 aromatic heterocycles. The van der Waals surface area contributed by atoms with Gasteiger partial charge >= 0.3 is 0 Å². The van der Waals surface area contributed by atoms with Crippen molar-refractivity contribution in [3.05, 3.63) is 121 Å². The molecular formula is C35H37FN3+3. The van der Waals surface area contributed by atoms with Crippen molar-refractivity contribution in [3.63, 3.8) is 0 Å². The van der Waals surface area contributed by atoms with Crippen molar-refractivity contribution in [2.45, 2.75) is 46.1 Å². The minimum Gasteiger partial charge on any atom is -0.208 e. The predicted molar refractivity (Wildman–Crippen MR) is 154 cm³/mol. The Morgan fingerprint density at radius 3 is 1.79 bits per heavy atom. The van der Waals surface area contributed by atoms with E-state index in [9.17, 15) is 4.39 Å². The van der Waals surface area contributed by atoms with E-state index in [1.165, 1.54) is 43.4 Å². The highest BCUT2D eigenvalue weighted by Crippen LogP contribution is 2.30. The Kier molecular flexibility index (Phi) is 8.21. The van der Waals surface area contributed by atoms with E-state index in [2.05, 4.69) is 108 Å². The molecular weight excluding hydrogens is 481 g/mol. The number of rotatable bonds is 9. The van der Waals surface area contributed by atoms with Crippen LogP contribution in [0.25, 0.3) is 39.3 Å². The molecule has 0 aliphatic rings. The van der Waals surface area contributed by atoms with Gasteiger partial charge in [-0.3, -0.25) is 0 Å². The van der Waals surface area contributed by atoms with Crippen LogP contribution in [0.15, 0.2) is 110 Å². The molecule has 196 valence electrons. The summed E-state index contributed by atoms with van der Waals surface area (Å²) in [7, 11) is 2.02. The lowest BCUT2D eigenvalue weighted by Gasteiger charge is -2.12. The summed E-state index contributed by atoms with van der Waals surface area (Å²) in [6, 6.07) is 28.6. The largest absolute Gasteiger partial charge is 0.223 e. The zero-order valence-corrected chi connectivity index (χ0v) is 23.1. The van der Waals surface area contributed by atoms with Gasteiger partial charge in [0.05, 0.1) is 12.1 Å². The summed E-state index contributed by atoms with van der Waals surface area (Å²) in [5.74, 6) is -0.236. The van der Waals surface area contributed by atoms with Crippen LogP contribution in [0.5, 0.6) is 0 Å². The third kappa shape index (κ3) is 6.28. The minimum atomic E-state index is -0.236. The molecule has 0 radical (unpaired) electrons. The number of halogens is 1. The average molecular weight is 519 g/mol. The van der Waals surface area contributed by atoms with Gasteiger partial charge in [0.25, 0.3) is 0 Å². The molecule has 0 amide bonds. The molecule has 39 heavy (non-hydrogen) atoms. The number of benzene rings is 2. The van der Waals surface area contributed by atoms with Crippen LogP contribution in [0.2, 0.25) is 0 Å². The van der Waals surface area contributed by atoms with Crippen LogP contribution in [0.4, 0.5) is 4.39 Å². The fourth-order valence-electron chi connectivity index (χ4n) is 4.97. The number of pyridine rings is 3. The van der Waals surface area contributed by atoms with Gasteiger partial charge in [-0.15, -0.1) is 0 Å². The van der Waals surface area contributed by atoms with E-state index in [0.29, 0.717) is 0 Å². The first-order chi connectivity index (χ1) is 19.0. The van der Waals surface area contributed by atoms with Crippen molar-refractivity contribution in [3.8, 4) is 39.3 Å². The fourth-order valence-corrected chi connectivity index (χ4v) is 4.97. The number of aromatic nitrogens is 3. The summed E-state index contributed by atoms with van der Waals surface area (Å²) in [6.07, 6.45) is 13.4. The van der Waals surface area contributed by atoms with Gasteiger partial charge in [-0.05, 0) is 60.9 Å². The first-order valence-corrected chi connectivity index (χ1v) is 13.9. The van der Waals surface area contributed by atoms with Crippen molar-refractivity contribution < 1.29 is 18.1 Å². The molecule has 0 saturated heterocycles. The van der Waals surface area contributed by atoms with Crippen LogP contribution < -0.4 is 13.7 Å². The number of hydrogen-bond acceptors (Lipinski definition) is 0. The summed E-state index contributed by atoms with van der Waals surface area (Å²) in [6.45, 7) is 5.37. The van der Waals surface area contributed by atoms with E-state index >= 15 is 0 Å². The van der Waals surface area contributed by atoms with Gasteiger partial charge in [-0.2, -0.15) is 4.57 Å². The molecule has 0 unspecified atom stereocenters. The Bertz CT molecular complexity index is 1460.